The smallest absolute Gasteiger partial charge is 0.480 e. The van der Waals surface area contributed by atoms with Crippen LogP contribution in [0.4, 0.5) is 4.79 Å². The number of benzene rings is 1. The molecule has 0 heterocycles. The highest BCUT2D eigenvalue weighted by Crippen LogP contribution is 2.30. The minimum Gasteiger partial charge on any atom is -0.480 e. The molecule has 36 heavy (non-hydrogen) atoms. The average molecular weight is 510 g/mol. The van der Waals surface area contributed by atoms with Gasteiger partial charge >= 0.3 is 24.1 Å². The van der Waals surface area contributed by atoms with Crippen molar-refractivity contribution in [1.29, 1.82) is 0 Å². The molecule has 0 saturated heterocycles. The Hall–Kier alpha value is -3.14. The van der Waals surface area contributed by atoms with Crippen molar-refractivity contribution in [2.45, 2.75) is 91.9 Å². The molecule has 10 nitrogen and oxygen atoms in total. The number of nitrogens with one attached hydrogen (secondary N) is 1. The molecule has 0 spiro atoms. The molecular formula is C26H39NO9. The predicted octanol–water partition coefficient (Wildman–Crippen LogP) is 4.27. The third kappa shape index (κ3) is 11.5. The van der Waals surface area contributed by atoms with Crippen molar-refractivity contribution in [2.75, 3.05) is 6.54 Å². The van der Waals surface area contributed by atoms with Crippen LogP contribution < -0.4 is 14.8 Å². The number of ether oxygens (including phenoxy) is 4. The monoisotopic (exact) mass is 509 g/mol. The summed E-state index contributed by atoms with van der Waals surface area (Å²) in [7, 11) is 0. The zero-order valence-electron chi connectivity index (χ0n) is 22.0. The molecule has 1 rings (SSSR count). The first-order valence-electron chi connectivity index (χ1n) is 12.3. The molecular weight excluding hydrogens is 470 g/mol. The Bertz CT molecular complexity index is 884. The van der Waals surface area contributed by atoms with Gasteiger partial charge in [-0.3, -0.25) is 14.4 Å². The molecule has 0 amide bonds. The van der Waals surface area contributed by atoms with Crippen LogP contribution in [0, 0.1) is 5.92 Å². The maximum atomic E-state index is 12.1. The van der Waals surface area contributed by atoms with E-state index in [0.717, 1.165) is 0 Å². The number of carbonyl (C=O) groups is 4. The van der Waals surface area contributed by atoms with Crippen LogP contribution in [0.2, 0.25) is 0 Å². The summed E-state index contributed by atoms with van der Waals surface area (Å²) in [6.07, 6.45) is -0.147. The predicted molar refractivity (Wildman–Crippen MR) is 132 cm³/mol. The maximum absolute atomic E-state index is 12.1. The van der Waals surface area contributed by atoms with Crippen LogP contribution in [0.25, 0.3) is 0 Å². The Morgan fingerprint density at radius 3 is 2.00 bits per heavy atom. The number of carboxylic acids is 1. The highest BCUT2D eigenvalue weighted by atomic mass is 16.7. The highest BCUT2D eigenvalue weighted by molar-refractivity contribution is 5.77. The van der Waals surface area contributed by atoms with Crippen LogP contribution in [-0.4, -0.2) is 54.0 Å². The second-order valence-corrected chi connectivity index (χ2v) is 8.98. The number of carbonyl (C=O) groups excluding carboxylic acids is 3. The van der Waals surface area contributed by atoms with E-state index >= 15 is 0 Å². The van der Waals surface area contributed by atoms with E-state index in [2.05, 4.69) is 5.32 Å². The lowest BCUT2D eigenvalue weighted by Gasteiger charge is -2.21. The molecule has 0 aliphatic carbocycles. The minimum absolute atomic E-state index is 0.0401. The first-order chi connectivity index (χ1) is 17.0. The summed E-state index contributed by atoms with van der Waals surface area (Å²) in [5.41, 5.74) is 0.545. The van der Waals surface area contributed by atoms with Gasteiger partial charge in [0, 0.05) is 19.4 Å². The summed E-state index contributed by atoms with van der Waals surface area (Å²) in [5.74, 6) is -1.77. The Labute approximate surface area is 212 Å². The Kier molecular flexibility index (Phi) is 13.5. The lowest BCUT2D eigenvalue weighted by Crippen LogP contribution is -2.43. The summed E-state index contributed by atoms with van der Waals surface area (Å²) in [6, 6.07) is 3.56. The van der Waals surface area contributed by atoms with Gasteiger partial charge < -0.3 is 29.4 Å². The first-order valence-corrected chi connectivity index (χ1v) is 12.3. The molecule has 10 heteroatoms. The van der Waals surface area contributed by atoms with Gasteiger partial charge in [-0.1, -0.05) is 33.8 Å². The van der Waals surface area contributed by atoms with Crippen LogP contribution >= 0.6 is 0 Å². The van der Waals surface area contributed by atoms with E-state index in [1.54, 1.807) is 19.9 Å². The molecule has 0 aliphatic heterocycles. The number of hydrogen-bond acceptors (Lipinski definition) is 9. The summed E-state index contributed by atoms with van der Waals surface area (Å²) in [6.45, 7) is 11.0. The second-order valence-electron chi connectivity index (χ2n) is 8.98. The lowest BCUT2D eigenvalue weighted by molar-refractivity contribution is -0.139. The van der Waals surface area contributed by atoms with Crippen LogP contribution in [0.5, 0.6) is 11.5 Å². The normalized spacial score (nSPS) is 13.4. The summed E-state index contributed by atoms with van der Waals surface area (Å²) < 4.78 is 21.1. The lowest BCUT2D eigenvalue weighted by atomic mass is 10.0. The third-order valence-corrected chi connectivity index (χ3v) is 5.27. The molecule has 3 atom stereocenters. The van der Waals surface area contributed by atoms with E-state index in [0.29, 0.717) is 18.4 Å². The van der Waals surface area contributed by atoms with Crippen molar-refractivity contribution in [3.05, 3.63) is 23.8 Å². The van der Waals surface area contributed by atoms with E-state index in [9.17, 15) is 24.3 Å². The molecule has 0 aliphatic rings. The summed E-state index contributed by atoms with van der Waals surface area (Å²) in [4.78, 5) is 47.8. The fraction of sp³-hybridized carbons (Fsp3) is 0.615. The minimum atomic E-state index is -1.11. The first kappa shape index (κ1) is 30.9. The number of carboxylic acid groups (broad SMARTS) is 1. The van der Waals surface area contributed by atoms with Gasteiger partial charge in [0.05, 0.1) is 0 Å². The second kappa shape index (κ2) is 15.8. The van der Waals surface area contributed by atoms with Crippen molar-refractivity contribution in [3.63, 3.8) is 0 Å². The molecule has 2 N–H and O–H groups in total. The van der Waals surface area contributed by atoms with E-state index in [-0.39, 0.29) is 49.3 Å². The Morgan fingerprint density at radius 2 is 1.47 bits per heavy atom. The van der Waals surface area contributed by atoms with E-state index in [1.807, 2.05) is 27.7 Å². The standard InChI is InChI=1S/C26H39NO9/c1-7-9-23(28)35-21-12-11-19(14-22(21)36-24(29)10-8-2)13-20(25(30)31)27-15-17(5)33-26(32)34-18(6)16(3)4/h11-12,14,16-18,20,27H,7-10,13,15H2,1-6H3,(H,30,31)/t17?,18?,20-/m0/s1. The van der Waals surface area contributed by atoms with Crippen molar-refractivity contribution < 1.29 is 43.2 Å². The van der Waals surface area contributed by atoms with Crippen molar-refractivity contribution in [2.24, 2.45) is 5.92 Å². The van der Waals surface area contributed by atoms with Crippen molar-refractivity contribution in [1.82, 2.24) is 5.32 Å². The van der Waals surface area contributed by atoms with E-state index in [4.69, 9.17) is 18.9 Å². The van der Waals surface area contributed by atoms with Crippen LogP contribution in [-0.2, 0) is 30.3 Å². The zero-order valence-corrected chi connectivity index (χ0v) is 22.0. The number of hydrogen-bond donors (Lipinski definition) is 2. The molecule has 0 aromatic heterocycles. The topological polar surface area (TPSA) is 137 Å². The summed E-state index contributed by atoms with van der Waals surface area (Å²) in [5, 5.41) is 12.5. The molecule has 0 radical (unpaired) electrons. The fourth-order valence-electron chi connectivity index (χ4n) is 2.91. The maximum Gasteiger partial charge on any atom is 0.508 e. The van der Waals surface area contributed by atoms with Gasteiger partial charge in [-0.15, -0.1) is 0 Å². The molecule has 202 valence electrons. The van der Waals surface area contributed by atoms with Gasteiger partial charge in [-0.2, -0.15) is 0 Å². The van der Waals surface area contributed by atoms with Crippen LogP contribution in [0.1, 0.15) is 72.8 Å². The molecule has 1 aromatic rings. The van der Waals surface area contributed by atoms with Gasteiger partial charge in [0.15, 0.2) is 11.5 Å². The average Bonchev–Trinajstić information content (AvgIpc) is 2.78. The molecule has 0 fully saturated rings. The van der Waals surface area contributed by atoms with Crippen molar-refractivity contribution in [3.8, 4) is 11.5 Å². The summed E-state index contributed by atoms with van der Waals surface area (Å²) >= 11 is 0. The highest BCUT2D eigenvalue weighted by Gasteiger charge is 2.22. The van der Waals surface area contributed by atoms with Crippen LogP contribution in [0.3, 0.4) is 0 Å². The molecule has 0 saturated carbocycles. The molecule has 0 bridgehead atoms. The Balaban J connectivity index is 2.89. The van der Waals surface area contributed by atoms with E-state index < -0.39 is 36.2 Å². The number of rotatable bonds is 15. The molecule has 1 aromatic carbocycles. The molecule has 2 unspecified atom stereocenters. The van der Waals surface area contributed by atoms with Crippen LogP contribution in [0.15, 0.2) is 18.2 Å². The largest absolute Gasteiger partial charge is 0.508 e. The SMILES string of the molecule is CCCC(=O)Oc1ccc(C[C@H](NCC(C)OC(=O)OC(C)C(C)C)C(=O)O)cc1OC(=O)CCC. The Morgan fingerprint density at radius 1 is 0.889 bits per heavy atom. The van der Waals surface area contributed by atoms with Crippen molar-refractivity contribution >= 4 is 24.1 Å². The van der Waals surface area contributed by atoms with Gasteiger partial charge in [0.2, 0.25) is 0 Å². The number of esters is 2. The van der Waals surface area contributed by atoms with Gasteiger partial charge in [-0.25, -0.2) is 4.79 Å². The van der Waals surface area contributed by atoms with Gasteiger partial charge in [0.25, 0.3) is 0 Å². The fourth-order valence-corrected chi connectivity index (χ4v) is 2.91. The third-order valence-electron chi connectivity index (χ3n) is 5.27. The van der Waals surface area contributed by atoms with E-state index in [1.165, 1.54) is 12.1 Å². The quantitative estimate of drug-likeness (QED) is 0.260. The van der Waals surface area contributed by atoms with Gasteiger partial charge in [0.1, 0.15) is 18.2 Å². The van der Waals surface area contributed by atoms with Gasteiger partial charge in [-0.05, 0) is 56.7 Å². The number of aliphatic carboxylic acids is 1. The zero-order chi connectivity index (χ0) is 27.3.